The number of carboxylic acids is 1. The number of aryl methyl sites for hydroxylation is 3. The molecule has 1 aromatic heterocycles. The van der Waals surface area contributed by atoms with Crippen molar-refractivity contribution in [1.29, 1.82) is 0 Å². The van der Waals surface area contributed by atoms with Gasteiger partial charge in [0.2, 0.25) is 0 Å². The van der Waals surface area contributed by atoms with E-state index in [4.69, 9.17) is 5.11 Å². The Kier molecular flexibility index (Phi) is 4.49. The smallest absolute Gasteiger partial charge is 0.313 e. The minimum Gasteiger partial charge on any atom is -0.481 e. The lowest BCUT2D eigenvalue weighted by molar-refractivity contribution is -0.133. The quantitative estimate of drug-likeness (QED) is 0.859. The first-order valence-electron chi connectivity index (χ1n) is 6.51. The van der Waals surface area contributed by atoms with Crippen molar-refractivity contribution in [3.63, 3.8) is 0 Å². The van der Waals surface area contributed by atoms with Crippen LogP contribution in [0.4, 0.5) is 0 Å². The largest absolute Gasteiger partial charge is 0.481 e. The number of rotatable bonds is 5. The summed E-state index contributed by atoms with van der Waals surface area (Å²) in [6.45, 7) is 6.22. The van der Waals surface area contributed by atoms with Crippen LogP contribution in [0.1, 0.15) is 23.7 Å². The van der Waals surface area contributed by atoms with Crippen LogP contribution in [0.3, 0.4) is 0 Å². The lowest BCUT2D eigenvalue weighted by Crippen LogP contribution is -2.04. The van der Waals surface area contributed by atoms with E-state index in [1.807, 2.05) is 16.8 Å². The van der Waals surface area contributed by atoms with Gasteiger partial charge in [-0.05, 0) is 43.5 Å². The minimum atomic E-state index is -0.831. The highest BCUT2D eigenvalue weighted by Gasteiger charge is 2.13. The summed E-state index contributed by atoms with van der Waals surface area (Å²) in [4.78, 5) is 15.1. The van der Waals surface area contributed by atoms with Gasteiger partial charge in [0.25, 0.3) is 0 Å². The molecule has 0 saturated carbocycles. The Balaban J connectivity index is 2.44. The highest BCUT2D eigenvalue weighted by Crippen LogP contribution is 2.25. The van der Waals surface area contributed by atoms with Crippen molar-refractivity contribution in [3.05, 3.63) is 41.2 Å². The summed E-state index contributed by atoms with van der Waals surface area (Å²) in [6.07, 6.45) is 2.67. The normalized spacial score (nSPS) is 10.8. The van der Waals surface area contributed by atoms with Crippen molar-refractivity contribution in [2.45, 2.75) is 32.3 Å². The van der Waals surface area contributed by atoms with Crippen LogP contribution in [0.5, 0.6) is 0 Å². The maximum atomic E-state index is 10.7. The van der Waals surface area contributed by atoms with Crippen molar-refractivity contribution in [3.8, 4) is 5.69 Å². The van der Waals surface area contributed by atoms with E-state index < -0.39 is 5.97 Å². The molecule has 0 fully saturated rings. The van der Waals surface area contributed by atoms with E-state index in [1.54, 1.807) is 0 Å². The minimum absolute atomic E-state index is 0.0189. The molecule has 106 valence electrons. The summed E-state index contributed by atoms with van der Waals surface area (Å²) in [5.41, 5.74) is 4.58. The Morgan fingerprint density at radius 2 is 2.10 bits per heavy atom. The molecule has 0 spiro atoms. The second kappa shape index (κ2) is 6.13. The number of aromatic nitrogens is 2. The van der Waals surface area contributed by atoms with Gasteiger partial charge in [0, 0.05) is 17.6 Å². The van der Waals surface area contributed by atoms with Crippen LogP contribution in [0.2, 0.25) is 0 Å². The molecular weight excluding hydrogens is 272 g/mol. The zero-order valence-corrected chi connectivity index (χ0v) is 12.7. The van der Waals surface area contributed by atoms with E-state index in [-0.39, 0.29) is 5.75 Å². The molecule has 0 saturated heterocycles. The average Bonchev–Trinajstić information content (AvgIpc) is 2.82. The molecule has 0 aliphatic heterocycles. The topological polar surface area (TPSA) is 55.1 Å². The molecule has 2 rings (SSSR count). The van der Waals surface area contributed by atoms with Crippen molar-refractivity contribution >= 4 is 17.7 Å². The van der Waals surface area contributed by atoms with E-state index >= 15 is 0 Å². The molecule has 1 heterocycles. The Bertz CT molecular complexity index is 635. The summed E-state index contributed by atoms with van der Waals surface area (Å²) >= 11 is 1.25. The summed E-state index contributed by atoms with van der Waals surface area (Å²) < 4.78 is 2.04. The molecule has 0 aliphatic carbocycles. The van der Waals surface area contributed by atoms with Crippen LogP contribution in [0.15, 0.2) is 29.6 Å². The summed E-state index contributed by atoms with van der Waals surface area (Å²) in [6, 6.07) is 6.24. The molecule has 0 aliphatic rings. The zero-order valence-electron chi connectivity index (χ0n) is 11.9. The molecular formula is C15H18N2O2S. The number of aliphatic carboxylic acids is 1. The highest BCUT2D eigenvalue weighted by atomic mass is 32.2. The number of benzene rings is 1. The second-order valence-electron chi connectivity index (χ2n) is 4.67. The van der Waals surface area contributed by atoms with Crippen LogP contribution in [0, 0.1) is 13.8 Å². The van der Waals surface area contributed by atoms with Crippen molar-refractivity contribution in [2.24, 2.45) is 0 Å². The number of carbonyl (C=O) groups is 1. The predicted octanol–water partition coefficient (Wildman–Crippen LogP) is 3.23. The van der Waals surface area contributed by atoms with Crippen LogP contribution in [-0.4, -0.2) is 26.4 Å². The molecule has 4 nitrogen and oxygen atoms in total. The van der Waals surface area contributed by atoms with E-state index in [1.165, 1.54) is 22.9 Å². The summed E-state index contributed by atoms with van der Waals surface area (Å²) in [5.74, 6) is -0.812. The van der Waals surface area contributed by atoms with Gasteiger partial charge < -0.3 is 5.11 Å². The predicted molar refractivity (Wildman–Crippen MR) is 80.8 cm³/mol. The Morgan fingerprint density at radius 1 is 1.35 bits per heavy atom. The fourth-order valence-electron chi connectivity index (χ4n) is 1.99. The fourth-order valence-corrected chi connectivity index (χ4v) is 2.72. The Morgan fingerprint density at radius 3 is 2.70 bits per heavy atom. The van der Waals surface area contributed by atoms with Gasteiger partial charge in [0.15, 0.2) is 5.16 Å². The van der Waals surface area contributed by atoms with Gasteiger partial charge in [-0.15, -0.1) is 0 Å². The number of thioether (sulfide) groups is 1. The Labute approximate surface area is 122 Å². The standard InChI is InChI=1S/C15H18N2O2S/c1-4-12-8-16-15(20-9-14(18)19)17(12)13-6-5-10(2)11(3)7-13/h5-8H,4,9H2,1-3H3,(H,18,19). The molecule has 0 radical (unpaired) electrons. The Hall–Kier alpha value is -1.75. The molecule has 0 atom stereocenters. The lowest BCUT2D eigenvalue weighted by Gasteiger charge is -2.12. The van der Waals surface area contributed by atoms with Crippen LogP contribution in [-0.2, 0) is 11.2 Å². The SMILES string of the molecule is CCc1cnc(SCC(=O)O)n1-c1ccc(C)c(C)c1. The van der Waals surface area contributed by atoms with Gasteiger partial charge in [-0.25, -0.2) is 4.98 Å². The maximum Gasteiger partial charge on any atom is 0.313 e. The van der Waals surface area contributed by atoms with Gasteiger partial charge >= 0.3 is 5.97 Å². The van der Waals surface area contributed by atoms with E-state index in [9.17, 15) is 4.79 Å². The number of imidazole rings is 1. The number of carboxylic acid groups (broad SMARTS) is 1. The molecule has 1 aromatic carbocycles. The van der Waals surface area contributed by atoms with Gasteiger partial charge in [0.05, 0.1) is 5.75 Å². The third kappa shape index (κ3) is 3.04. The number of hydrogen-bond acceptors (Lipinski definition) is 3. The summed E-state index contributed by atoms with van der Waals surface area (Å²) in [5, 5.41) is 9.55. The third-order valence-corrected chi connectivity index (χ3v) is 4.18. The lowest BCUT2D eigenvalue weighted by atomic mass is 10.1. The van der Waals surface area contributed by atoms with Crippen LogP contribution >= 0.6 is 11.8 Å². The number of hydrogen-bond donors (Lipinski definition) is 1. The third-order valence-electron chi connectivity index (χ3n) is 3.24. The first-order valence-corrected chi connectivity index (χ1v) is 7.50. The van der Waals surface area contributed by atoms with Crippen LogP contribution < -0.4 is 0 Å². The molecule has 0 amide bonds. The van der Waals surface area contributed by atoms with Gasteiger partial charge in [-0.1, -0.05) is 24.8 Å². The second-order valence-corrected chi connectivity index (χ2v) is 5.61. The monoisotopic (exact) mass is 290 g/mol. The molecule has 20 heavy (non-hydrogen) atoms. The van der Waals surface area contributed by atoms with Gasteiger partial charge in [-0.3, -0.25) is 9.36 Å². The first kappa shape index (κ1) is 14.7. The molecule has 1 N–H and O–H groups in total. The van der Waals surface area contributed by atoms with Gasteiger partial charge in [0.1, 0.15) is 0 Å². The van der Waals surface area contributed by atoms with Crippen molar-refractivity contribution in [1.82, 2.24) is 9.55 Å². The van der Waals surface area contributed by atoms with Crippen molar-refractivity contribution < 1.29 is 9.90 Å². The highest BCUT2D eigenvalue weighted by molar-refractivity contribution is 7.99. The van der Waals surface area contributed by atoms with Crippen molar-refractivity contribution in [2.75, 3.05) is 5.75 Å². The summed E-state index contributed by atoms with van der Waals surface area (Å²) in [7, 11) is 0. The van der Waals surface area contributed by atoms with E-state index in [2.05, 4.69) is 37.9 Å². The number of nitrogens with zero attached hydrogens (tertiary/aromatic N) is 2. The zero-order chi connectivity index (χ0) is 14.7. The fraction of sp³-hybridized carbons (Fsp3) is 0.333. The molecule has 0 bridgehead atoms. The molecule has 5 heteroatoms. The maximum absolute atomic E-state index is 10.7. The molecule has 2 aromatic rings. The van der Waals surface area contributed by atoms with E-state index in [0.717, 1.165) is 23.0 Å². The van der Waals surface area contributed by atoms with E-state index in [0.29, 0.717) is 0 Å². The molecule has 0 unspecified atom stereocenters. The average molecular weight is 290 g/mol. The first-order chi connectivity index (χ1) is 9.52. The van der Waals surface area contributed by atoms with Crippen LogP contribution in [0.25, 0.3) is 5.69 Å². The van der Waals surface area contributed by atoms with Gasteiger partial charge in [-0.2, -0.15) is 0 Å².